The normalized spacial score (nSPS) is 16.2. The van der Waals surface area contributed by atoms with Gasteiger partial charge in [0.1, 0.15) is 5.75 Å². The van der Waals surface area contributed by atoms with Gasteiger partial charge in [0.25, 0.3) is 5.91 Å². The van der Waals surface area contributed by atoms with E-state index in [4.69, 9.17) is 16.3 Å². The van der Waals surface area contributed by atoms with E-state index in [2.05, 4.69) is 5.32 Å². The number of carbonyl (C=O) groups is 1. The van der Waals surface area contributed by atoms with Crippen molar-refractivity contribution in [2.45, 2.75) is 17.4 Å². The highest BCUT2D eigenvalue weighted by Crippen LogP contribution is 2.31. The van der Waals surface area contributed by atoms with Gasteiger partial charge in [-0.2, -0.15) is 0 Å². The molecule has 1 atom stereocenters. The molecule has 0 fully saturated rings. The summed E-state index contributed by atoms with van der Waals surface area (Å²) in [6.07, 6.45) is 2.06. The molecule has 0 aliphatic carbocycles. The molecular weight excluding hydrogens is 306 g/mol. The number of hydrogen-bond acceptors (Lipinski definition) is 3. The largest absolute Gasteiger partial charge is 0.480 e. The predicted octanol–water partition coefficient (Wildman–Crippen LogP) is 4.00. The molecule has 1 aliphatic rings. The molecule has 108 valence electrons. The van der Waals surface area contributed by atoms with E-state index in [1.807, 2.05) is 36.6 Å². The molecule has 3 rings (SSSR count). The van der Waals surface area contributed by atoms with Crippen LogP contribution in [0.5, 0.6) is 5.75 Å². The van der Waals surface area contributed by atoms with Crippen LogP contribution in [0.1, 0.15) is 5.56 Å². The Morgan fingerprint density at radius 3 is 2.76 bits per heavy atom. The van der Waals surface area contributed by atoms with Gasteiger partial charge >= 0.3 is 0 Å². The Morgan fingerprint density at radius 1 is 1.29 bits per heavy atom. The number of anilines is 1. The minimum absolute atomic E-state index is 0.140. The maximum atomic E-state index is 12.2. The number of thioether (sulfide) groups is 1. The second-order valence-electron chi connectivity index (χ2n) is 4.78. The third-order valence-electron chi connectivity index (χ3n) is 3.35. The first kappa shape index (κ1) is 14.3. The fourth-order valence-electron chi connectivity index (χ4n) is 2.26. The maximum Gasteiger partial charge on any atom is 0.265 e. The zero-order chi connectivity index (χ0) is 14.8. The lowest BCUT2D eigenvalue weighted by atomic mass is 10.1. The van der Waals surface area contributed by atoms with Crippen LogP contribution in [0.2, 0.25) is 5.02 Å². The topological polar surface area (TPSA) is 38.3 Å². The molecule has 0 aromatic heterocycles. The molecular formula is C16H14ClNO2S. The van der Waals surface area contributed by atoms with Gasteiger partial charge in [0.05, 0.1) is 0 Å². The fourth-order valence-corrected chi connectivity index (χ4v) is 2.86. The number of halogens is 1. The summed E-state index contributed by atoms with van der Waals surface area (Å²) in [6, 6.07) is 13.2. The van der Waals surface area contributed by atoms with Crippen LogP contribution in [-0.2, 0) is 11.2 Å². The summed E-state index contributed by atoms with van der Waals surface area (Å²) in [7, 11) is 0. The fraction of sp³-hybridized carbons (Fsp3) is 0.188. The average molecular weight is 320 g/mol. The molecule has 0 bridgehead atoms. The number of amides is 1. The lowest BCUT2D eigenvalue weighted by Crippen LogP contribution is -2.31. The first-order chi connectivity index (χ1) is 10.2. The van der Waals surface area contributed by atoms with Crippen LogP contribution >= 0.6 is 23.4 Å². The van der Waals surface area contributed by atoms with E-state index in [0.717, 1.165) is 21.9 Å². The third kappa shape index (κ3) is 3.17. The SMILES string of the molecule is CSc1ccc(NC(=O)C2Cc3cc(Cl)ccc3O2)cc1. The van der Waals surface area contributed by atoms with Crippen LogP contribution in [0, 0.1) is 0 Å². The number of carbonyl (C=O) groups excluding carboxylic acids is 1. The second-order valence-corrected chi connectivity index (χ2v) is 6.10. The van der Waals surface area contributed by atoms with Crippen molar-refractivity contribution < 1.29 is 9.53 Å². The average Bonchev–Trinajstić information content (AvgIpc) is 2.91. The molecule has 3 nitrogen and oxygen atoms in total. The number of benzene rings is 2. The summed E-state index contributed by atoms with van der Waals surface area (Å²) >= 11 is 7.62. The standard InChI is InChI=1S/C16H14ClNO2S/c1-21-13-5-3-12(4-6-13)18-16(19)15-9-10-8-11(17)2-7-14(10)20-15/h2-8,15H,9H2,1H3,(H,18,19). The van der Waals surface area contributed by atoms with Crippen molar-refractivity contribution >= 4 is 35.0 Å². The summed E-state index contributed by atoms with van der Waals surface area (Å²) in [5.41, 5.74) is 1.75. The molecule has 0 spiro atoms. The van der Waals surface area contributed by atoms with Gasteiger partial charge in [-0.1, -0.05) is 11.6 Å². The maximum absolute atomic E-state index is 12.2. The van der Waals surface area contributed by atoms with Crippen LogP contribution < -0.4 is 10.1 Å². The number of hydrogen-bond donors (Lipinski definition) is 1. The highest BCUT2D eigenvalue weighted by atomic mass is 35.5. The summed E-state index contributed by atoms with van der Waals surface area (Å²) < 4.78 is 5.67. The zero-order valence-corrected chi connectivity index (χ0v) is 13.0. The smallest absolute Gasteiger partial charge is 0.265 e. The summed E-state index contributed by atoms with van der Waals surface area (Å²) in [6.45, 7) is 0. The molecule has 0 saturated heterocycles. The van der Waals surface area contributed by atoms with E-state index < -0.39 is 6.10 Å². The Kier molecular flexibility index (Phi) is 4.08. The Balaban J connectivity index is 1.67. The Bertz CT molecular complexity index is 672. The highest BCUT2D eigenvalue weighted by molar-refractivity contribution is 7.98. The van der Waals surface area contributed by atoms with Gasteiger partial charge in [0.2, 0.25) is 0 Å². The predicted molar refractivity (Wildman–Crippen MR) is 86.4 cm³/mol. The van der Waals surface area contributed by atoms with Crippen molar-refractivity contribution in [3.8, 4) is 5.75 Å². The molecule has 1 aliphatic heterocycles. The van der Waals surface area contributed by atoms with E-state index >= 15 is 0 Å². The van der Waals surface area contributed by atoms with Crippen LogP contribution in [0.25, 0.3) is 0 Å². The van der Waals surface area contributed by atoms with Crippen LogP contribution in [0.15, 0.2) is 47.4 Å². The van der Waals surface area contributed by atoms with Gasteiger partial charge in [-0.05, 0) is 54.3 Å². The second kappa shape index (κ2) is 6.00. The van der Waals surface area contributed by atoms with Gasteiger partial charge in [-0.3, -0.25) is 4.79 Å². The first-order valence-electron chi connectivity index (χ1n) is 6.56. The van der Waals surface area contributed by atoms with Crippen molar-refractivity contribution in [3.63, 3.8) is 0 Å². The minimum atomic E-state index is -0.501. The molecule has 0 radical (unpaired) electrons. The monoisotopic (exact) mass is 319 g/mol. The van der Waals surface area contributed by atoms with Crippen LogP contribution in [0.4, 0.5) is 5.69 Å². The quantitative estimate of drug-likeness (QED) is 0.869. The van der Waals surface area contributed by atoms with Gasteiger partial charge in [0, 0.05) is 22.0 Å². The summed E-state index contributed by atoms with van der Waals surface area (Å²) in [5.74, 6) is 0.594. The lowest BCUT2D eigenvalue weighted by Gasteiger charge is -2.11. The van der Waals surface area contributed by atoms with Crippen molar-refractivity contribution in [2.24, 2.45) is 0 Å². The number of ether oxygens (including phenoxy) is 1. The lowest BCUT2D eigenvalue weighted by molar-refractivity contribution is -0.122. The zero-order valence-electron chi connectivity index (χ0n) is 11.4. The molecule has 21 heavy (non-hydrogen) atoms. The minimum Gasteiger partial charge on any atom is -0.480 e. The molecule has 2 aromatic rings. The summed E-state index contributed by atoms with van der Waals surface area (Å²) in [5, 5.41) is 3.54. The highest BCUT2D eigenvalue weighted by Gasteiger charge is 2.29. The number of nitrogens with one attached hydrogen (secondary N) is 1. The van der Waals surface area contributed by atoms with E-state index in [1.54, 1.807) is 23.9 Å². The van der Waals surface area contributed by atoms with Gasteiger partial charge in [0.15, 0.2) is 6.10 Å². The van der Waals surface area contributed by atoms with Crippen molar-refractivity contribution in [1.82, 2.24) is 0 Å². The third-order valence-corrected chi connectivity index (χ3v) is 4.33. The molecule has 2 aromatic carbocycles. The number of rotatable bonds is 3. The van der Waals surface area contributed by atoms with Crippen LogP contribution in [0.3, 0.4) is 0 Å². The molecule has 1 N–H and O–H groups in total. The number of fused-ring (bicyclic) bond motifs is 1. The van der Waals surface area contributed by atoms with E-state index in [1.165, 1.54) is 0 Å². The molecule has 1 unspecified atom stereocenters. The van der Waals surface area contributed by atoms with Crippen LogP contribution in [-0.4, -0.2) is 18.3 Å². The van der Waals surface area contributed by atoms with Gasteiger partial charge in [-0.15, -0.1) is 11.8 Å². The van der Waals surface area contributed by atoms with E-state index in [-0.39, 0.29) is 5.91 Å². The Hall–Kier alpha value is -1.65. The molecule has 5 heteroatoms. The van der Waals surface area contributed by atoms with E-state index in [0.29, 0.717) is 11.4 Å². The molecule has 1 amide bonds. The summed E-state index contributed by atoms with van der Waals surface area (Å²) in [4.78, 5) is 13.4. The van der Waals surface area contributed by atoms with E-state index in [9.17, 15) is 4.79 Å². The first-order valence-corrected chi connectivity index (χ1v) is 8.16. The van der Waals surface area contributed by atoms with Gasteiger partial charge in [-0.25, -0.2) is 0 Å². The van der Waals surface area contributed by atoms with Gasteiger partial charge < -0.3 is 10.1 Å². The Morgan fingerprint density at radius 2 is 2.05 bits per heavy atom. The van der Waals surface area contributed by atoms with Crippen molar-refractivity contribution in [2.75, 3.05) is 11.6 Å². The molecule has 0 saturated carbocycles. The van der Waals surface area contributed by atoms with Crippen molar-refractivity contribution in [3.05, 3.63) is 53.1 Å². The molecule has 1 heterocycles. The van der Waals surface area contributed by atoms with Crippen molar-refractivity contribution in [1.29, 1.82) is 0 Å². The Labute approximate surface area is 132 Å².